The number of unbranched alkanes of at least 4 members (excludes halogenated alkanes) is 2. The van der Waals surface area contributed by atoms with Gasteiger partial charge in [-0.3, -0.25) is 4.79 Å². The van der Waals surface area contributed by atoms with E-state index in [1.165, 1.54) is 0 Å². The summed E-state index contributed by atoms with van der Waals surface area (Å²) in [5, 5.41) is 26.7. The number of aromatic nitrogens is 6. The Morgan fingerprint density at radius 2 is 1.68 bits per heavy atom. The second-order valence-electron chi connectivity index (χ2n) is 11.5. The fourth-order valence-corrected chi connectivity index (χ4v) is 5.74. The maximum atomic E-state index is 14.0. The van der Waals surface area contributed by atoms with Gasteiger partial charge in [0, 0.05) is 24.9 Å². The first-order valence-electron chi connectivity index (χ1n) is 16.3. The van der Waals surface area contributed by atoms with Crippen LogP contribution in [0.4, 0.5) is 0 Å². The van der Waals surface area contributed by atoms with Gasteiger partial charge in [-0.1, -0.05) is 104 Å². The highest BCUT2D eigenvalue weighted by molar-refractivity contribution is 6.32. The smallest absolute Gasteiger partial charge is 0.328 e. The molecule has 5 rings (SSSR count). The number of carbonyl (C=O) groups is 2. The summed E-state index contributed by atoms with van der Waals surface area (Å²) >= 11 is 6.65. The number of nitrogens with zero attached hydrogens (tertiary/aromatic N) is 6. The van der Waals surface area contributed by atoms with Gasteiger partial charge in [0.05, 0.1) is 13.2 Å². The number of halogens is 1. The maximum absolute atomic E-state index is 14.0. The standard InChI is InChI=1S/C35H37ClN8O6/c1-2-3-15-30-38-32(36)31(34(45)37-29(22-24-11-5-4-6-12-24)35(46)49-20-9-10-21-50-44(47)48)43(30)23-25-16-18-26(19-17-25)27-13-7-8-14-28(27)33-39-41-42-40-33/h4-8,11-14,16-19,29H,2-3,9-10,15,20-23H2,1H3,(H,37,45)(H,39,40,41,42). The minimum atomic E-state index is -1.03. The van der Waals surface area contributed by atoms with E-state index in [-0.39, 0.29) is 30.5 Å². The fraction of sp³-hybridized carbons (Fsp3) is 0.314. The molecule has 0 spiro atoms. The average molecular weight is 701 g/mol. The third-order valence-corrected chi connectivity index (χ3v) is 8.22. The predicted molar refractivity (Wildman–Crippen MR) is 185 cm³/mol. The van der Waals surface area contributed by atoms with Crippen LogP contribution < -0.4 is 5.32 Å². The summed E-state index contributed by atoms with van der Waals surface area (Å²) in [6.45, 7) is 2.29. The molecular weight excluding hydrogens is 664 g/mol. The lowest BCUT2D eigenvalue weighted by molar-refractivity contribution is -0.757. The van der Waals surface area contributed by atoms with Gasteiger partial charge in [0.2, 0.25) is 0 Å². The molecule has 0 fully saturated rings. The molecule has 2 heterocycles. The first-order chi connectivity index (χ1) is 24.3. The lowest BCUT2D eigenvalue weighted by Crippen LogP contribution is -2.44. The minimum absolute atomic E-state index is 0.0106. The molecule has 15 heteroatoms. The van der Waals surface area contributed by atoms with E-state index in [1.807, 2.05) is 78.9 Å². The largest absolute Gasteiger partial charge is 0.464 e. The van der Waals surface area contributed by atoms with Crippen molar-refractivity contribution in [2.75, 3.05) is 13.2 Å². The number of hydrogen-bond donors (Lipinski definition) is 2. The van der Waals surface area contributed by atoms with E-state index in [0.717, 1.165) is 40.7 Å². The summed E-state index contributed by atoms with van der Waals surface area (Å²) < 4.78 is 7.27. The molecular formula is C35H37ClN8O6. The molecule has 1 amide bonds. The van der Waals surface area contributed by atoms with E-state index in [2.05, 4.69) is 42.7 Å². The molecule has 0 aliphatic rings. The predicted octanol–water partition coefficient (Wildman–Crippen LogP) is 5.65. The Morgan fingerprint density at radius 3 is 2.38 bits per heavy atom. The highest BCUT2D eigenvalue weighted by atomic mass is 35.5. The van der Waals surface area contributed by atoms with E-state index in [1.54, 1.807) is 4.57 Å². The van der Waals surface area contributed by atoms with Gasteiger partial charge >= 0.3 is 5.97 Å². The van der Waals surface area contributed by atoms with Crippen molar-refractivity contribution >= 4 is 23.5 Å². The van der Waals surface area contributed by atoms with Crippen LogP contribution in [0.5, 0.6) is 0 Å². The van der Waals surface area contributed by atoms with Crippen molar-refractivity contribution in [1.29, 1.82) is 0 Å². The number of aryl methyl sites for hydroxylation is 1. The van der Waals surface area contributed by atoms with Crippen molar-refractivity contribution in [3.63, 3.8) is 0 Å². The van der Waals surface area contributed by atoms with E-state index < -0.39 is 23.0 Å². The zero-order valence-electron chi connectivity index (χ0n) is 27.5. The molecule has 14 nitrogen and oxygen atoms in total. The topological polar surface area (TPSA) is 180 Å². The summed E-state index contributed by atoms with van der Waals surface area (Å²) in [4.78, 5) is 46.5. The first-order valence-corrected chi connectivity index (χ1v) is 16.7. The normalized spacial score (nSPS) is 11.6. The van der Waals surface area contributed by atoms with Crippen LogP contribution in [-0.2, 0) is 33.8 Å². The molecule has 50 heavy (non-hydrogen) atoms. The molecule has 2 N–H and O–H groups in total. The van der Waals surface area contributed by atoms with E-state index in [4.69, 9.17) is 16.3 Å². The number of ether oxygens (including phenoxy) is 1. The number of esters is 1. The van der Waals surface area contributed by atoms with Crippen LogP contribution in [0, 0.1) is 10.1 Å². The maximum Gasteiger partial charge on any atom is 0.328 e. The molecule has 1 unspecified atom stereocenters. The van der Waals surface area contributed by atoms with E-state index in [9.17, 15) is 19.7 Å². The first kappa shape index (κ1) is 35.7. The highest BCUT2D eigenvalue weighted by Crippen LogP contribution is 2.30. The van der Waals surface area contributed by atoms with Crippen LogP contribution >= 0.6 is 11.6 Å². The summed E-state index contributed by atoms with van der Waals surface area (Å²) in [6.07, 6.45) is 3.23. The van der Waals surface area contributed by atoms with Crippen LogP contribution in [0.1, 0.15) is 60.0 Å². The molecule has 2 aromatic heterocycles. The Hall–Kier alpha value is -5.63. The Bertz CT molecular complexity index is 1870. The Labute approximate surface area is 293 Å². The number of amides is 1. The van der Waals surface area contributed by atoms with Gasteiger partial charge < -0.3 is 19.5 Å². The quantitative estimate of drug-likeness (QED) is 0.0502. The monoisotopic (exact) mass is 700 g/mol. The van der Waals surface area contributed by atoms with E-state index >= 15 is 0 Å². The van der Waals surface area contributed by atoms with Crippen LogP contribution in [-0.4, -0.2) is 66.4 Å². The number of imidazole rings is 1. The second-order valence-corrected chi connectivity index (χ2v) is 11.9. The minimum Gasteiger partial charge on any atom is -0.464 e. The Balaban J connectivity index is 1.36. The zero-order valence-corrected chi connectivity index (χ0v) is 28.2. The molecule has 0 radical (unpaired) electrons. The number of rotatable bonds is 18. The SMILES string of the molecule is CCCCc1nc(Cl)c(C(=O)NC(Cc2ccccc2)C(=O)OCCCCO[N+](=O)[O-])n1Cc1ccc(-c2ccccc2-c2nnn[nH]2)cc1. The van der Waals surface area contributed by atoms with Gasteiger partial charge in [0.15, 0.2) is 11.0 Å². The molecule has 3 aromatic carbocycles. The van der Waals surface area contributed by atoms with Gasteiger partial charge in [-0.2, -0.15) is 0 Å². The second kappa shape index (κ2) is 17.7. The number of hydrogen-bond acceptors (Lipinski definition) is 10. The van der Waals surface area contributed by atoms with Crippen molar-refractivity contribution in [1.82, 2.24) is 35.5 Å². The number of H-pyrrole nitrogens is 1. The molecule has 0 aliphatic heterocycles. The third kappa shape index (κ3) is 9.50. The fourth-order valence-electron chi connectivity index (χ4n) is 5.45. The third-order valence-electron chi connectivity index (χ3n) is 7.96. The molecule has 0 saturated heterocycles. The van der Waals surface area contributed by atoms with Crippen molar-refractivity contribution in [2.45, 2.75) is 58.0 Å². The lowest BCUT2D eigenvalue weighted by atomic mass is 9.98. The van der Waals surface area contributed by atoms with Crippen LogP contribution in [0.2, 0.25) is 5.15 Å². The number of tetrazole rings is 1. The number of carbonyl (C=O) groups excluding carboxylic acids is 2. The summed E-state index contributed by atoms with van der Waals surface area (Å²) in [5.74, 6) is 0.0237. The molecule has 1 atom stereocenters. The number of benzene rings is 3. The molecule has 0 aliphatic carbocycles. The van der Waals surface area contributed by atoms with Crippen molar-refractivity contribution < 1.29 is 24.3 Å². The molecule has 5 aromatic rings. The lowest BCUT2D eigenvalue weighted by Gasteiger charge is -2.19. The Morgan fingerprint density at radius 1 is 0.960 bits per heavy atom. The summed E-state index contributed by atoms with van der Waals surface area (Å²) in [5.41, 5.74) is 4.65. The van der Waals surface area contributed by atoms with Crippen LogP contribution in [0.25, 0.3) is 22.5 Å². The molecule has 0 bridgehead atoms. The van der Waals surface area contributed by atoms with Gasteiger partial charge in [-0.05, 0) is 51.9 Å². The summed E-state index contributed by atoms with van der Waals surface area (Å²) in [7, 11) is 0. The van der Waals surface area contributed by atoms with Gasteiger partial charge in [-0.25, -0.2) is 14.9 Å². The number of aromatic amines is 1. The van der Waals surface area contributed by atoms with Gasteiger partial charge in [0.1, 0.15) is 17.6 Å². The highest BCUT2D eigenvalue weighted by Gasteiger charge is 2.28. The van der Waals surface area contributed by atoms with Crippen LogP contribution in [0.3, 0.4) is 0 Å². The van der Waals surface area contributed by atoms with Gasteiger partial charge in [0.25, 0.3) is 11.0 Å². The number of nitrogens with one attached hydrogen (secondary N) is 2. The van der Waals surface area contributed by atoms with Crippen LogP contribution in [0.15, 0.2) is 78.9 Å². The molecule has 0 saturated carbocycles. The van der Waals surface area contributed by atoms with Crippen molar-refractivity contribution in [2.24, 2.45) is 0 Å². The van der Waals surface area contributed by atoms with Gasteiger partial charge in [-0.15, -0.1) is 15.2 Å². The average Bonchev–Trinajstić information content (AvgIpc) is 3.77. The summed E-state index contributed by atoms with van der Waals surface area (Å²) in [6, 6.07) is 24.0. The zero-order chi connectivity index (χ0) is 35.3. The Kier molecular flexibility index (Phi) is 12.6. The van der Waals surface area contributed by atoms with Crippen molar-refractivity contribution in [3.05, 3.63) is 117 Å². The molecule has 260 valence electrons. The van der Waals surface area contributed by atoms with E-state index in [0.29, 0.717) is 37.5 Å². The van der Waals surface area contributed by atoms with Crippen molar-refractivity contribution in [3.8, 4) is 22.5 Å².